The van der Waals surface area contributed by atoms with Crippen molar-refractivity contribution in [3.8, 4) is 5.75 Å². The van der Waals surface area contributed by atoms with Crippen LogP contribution in [-0.4, -0.2) is 26.0 Å². The van der Waals surface area contributed by atoms with Crippen molar-refractivity contribution >= 4 is 22.3 Å². The number of ether oxygens (including phenoxy) is 1. The summed E-state index contributed by atoms with van der Waals surface area (Å²) in [7, 11) is -3.11. The minimum Gasteiger partial charge on any atom is -0.497 e. The van der Waals surface area contributed by atoms with Gasteiger partial charge < -0.3 is 4.74 Å². The molecule has 0 atom stereocenters. The van der Waals surface area contributed by atoms with Crippen LogP contribution in [0.15, 0.2) is 60.2 Å². The number of benzene rings is 2. The lowest BCUT2D eigenvalue weighted by molar-refractivity contribution is -0.126. The van der Waals surface area contributed by atoms with Gasteiger partial charge in [-0.1, -0.05) is 54.1 Å². The third-order valence-corrected chi connectivity index (χ3v) is 5.64. The molecule has 3 rings (SSSR count). The lowest BCUT2D eigenvalue weighted by Crippen LogP contribution is -2.47. The fourth-order valence-corrected chi connectivity index (χ4v) is 4.14. The van der Waals surface area contributed by atoms with Crippen LogP contribution in [0.1, 0.15) is 36.8 Å². The van der Waals surface area contributed by atoms with Crippen LogP contribution < -0.4 is 9.46 Å². The van der Waals surface area contributed by atoms with Gasteiger partial charge in [0, 0.05) is 0 Å². The number of allylic oxidation sites excluding steroid dienone is 1. The average molecular weight is 401 g/mol. The monoisotopic (exact) mass is 401 g/mol. The first-order chi connectivity index (χ1) is 13.3. The fourth-order valence-electron chi connectivity index (χ4n) is 3.71. The van der Waals surface area contributed by atoms with Crippen molar-refractivity contribution in [1.29, 1.82) is 0 Å². The van der Waals surface area contributed by atoms with E-state index in [1.165, 1.54) is 12.7 Å². The Bertz CT molecular complexity index is 973. The molecule has 28 heavy (non-hydrogen) atoms. The molecule has 0 bridgehead atoms. The van der Waals surface area contributed by atoms with E-state index >= 15 is 0 Å². The van der Waals surface area contributed by atoms with E-state index in [-0.39, 0.29) is 0 Å². The maximum absolute atomic E-state index is 12.9. The van der Waals surface area contributed by atoms with Gasteiger partial charge in [-0.15, -0.1) is 0 Å². The van der Waals surface area contributed by atoms with Crippen molar-refractivity contribution in [1.82, 2.24) is 4.72 Å². The van der Waals surface area contributed by atoms with Gasteiger partial charge in [0.1, 0.15) is 5.75 Å². The number of hydrogen-bond acceptors (Lipinski definition) is 4. The summed E-state index contributed by atoms with van der Waals surface area (Å²) in [5.41, 5.74) is 1.91. The minimum absolute atomic E-state index is 0.431. The van der Waals surface area contributed by atoms with E-state index in [0.29, 0.717) is 37.0 Å². The number of carbonyl (C=O) groups is 1. The third kappa shape index (κ3) is 4.61. The van der Waals surface area contributed by atoms with Crippen molar-refractivity contribution < 1.29 is 22.5 Å². The second kappa shape index (κ2) is 8.16. The zero-order valence-corrected chi connectivity index (χ0v) is 16.4. The molecule has 1 fully saturated rings. The Labute approximate surface area is 165 Å². The van der Waals surface area contributed by atoms with Gasteiger partial charge in [-0.3, -0.25) is 9.35 Å². The molecule has 148 valence electrons. The molecular formula is C21H23NO5S. The van der Waals surface area contributed by atoms with Gasteiger partial charge in [0.05, 0.1) is 12.5 Å². The van der Waals surface area contributed by atoms with E-state index in [9.17, 15) is 13.2 Å². The first-order valence-electron chi connectivity index (χ1n) is 9.01. The van der Waals surface area contributed by atoms with Crippen molar-refractivity contribution in [2.75, 3.05) is 7.11 Å². The highest BCUT2D eigenvalue weighted by Crippen LogP contribution is 2.43. The lowest BCUT2D eigenvalue weighted by atomic mass is 9.67. The van der Waals surface area contributed by atoms with E-state index in [1.54, 1.807) is 29.0 Å². The largest absolute Gasteiger partial charge is 0.497 e. The summed E-state index contributed by atoms with van der Waals surface area (Å²) < 4.78 is 38.7. The smallest absolute Gasteiger partial charge is 0.359 e. The Morgan fingerprint density at radius 3 is 2.39 bits per heavy atom. The maximum Gasteiger partial charge on any atom is 0.359 e. The van der Waals surface area contributed by atoms with Crippen molar-refractivity contribution in [3.63, 3.8) is 0 Å². The molecule has 1 amide bonds. The number of nitrogens with one attached hydrogen (secondary N) is 1. The van der Waals surface area contributed by atoms with Crippen molar-refractivity contribution in [2.24, 2.45) is 0 Å². The zero-order valence-electron chi connectivity index (χ0n) is 15.6. The van der Waals surface area contributed by atoms with Crippen LogP contribution in [0.3, 0.4) is 0 Å². The molecule has 0 heterocycles. The highest BCUT2D eigenvalue weighted by Gasteiger charge is 2.43. The Morgan fingerprint density at radius 1 is 1.11 bits per heavy atom. The minimum atomic E-state index is -4.64. The van der Waals surface area contributed by atoms with Gasteiger partial charge in [-0.25, -0.2) is 4.72 Å². The first kappa shape index (κ1) is 20.1. The molecule has 2 N–H and O–H groups in total. The molecule has 2 aromatic rings. The standard InChI is InChI=1S/C21H23NO5S/c1-27-19-9-5-8-18(15-19)21(20(23)22-28(24,25)26)12-10-17(11-13-21)14-16-6-3-2-4-7-16/h2-9,14-15H,10-13H2,1H3,(H,22,23)(H,24,25,26). The molecule has 7 heteroatoms. The molecule has 1 aliphatic carbocycles. The first-order valence-corrected chi connectivity index (χ1v) is 10.5. The van der Waals surface area contributed by atoms with Gasteiger partial charge >= 0.3 is 10.3 Å². The Balaban J connectivity index is 1.92. The topological polar surface area (TPSA) is 92.7 Å². The molecule has 2 aromatic carbocycles. The van der Waals surface area contributed by atoms with Crippen LogP contribution in [0, 0.1) is 0 Å². The molecule has 0 unspecified atom stereocenters. The highest BCUT2D eigenvalue weighted by molar-refractivity contribution is 7.84. The summed E-state index contributed by atoms with van der Waals surface area (Å²) in [6.07, 6.45) is 4.26. The van der Waals surface area contributed by atoms with E-state index in [2.05, 4.69) is 6.08 Å². The molecule has 0 spiro atoms. The van der Waals surface area contributed by atoms with Gasteiger partial charge in [-0.05, 0) is 48.9 Å². The summed E-state index contributed by atoms with van der Waals surface area (Å²) in [5, 5.41) is 0. The SMILES string of the molecule is COc1cccc(C2(C(=O)NS(=O)(=O)O)CCC(=Cc3ccccc3)CC2)c1. The van der Waals surface area contributed by atoms with Crippen LogP contribution >= 0.6 is 0 Å². The lowest BCUT2D eigenvalue weighted by Gasteiger charge is -2.37. The zero-order chi connectivity index (χ0) is 20.2. The van der Waals surface area contributed by atoms with Crippen LogP contribution in [-0.2, 0) is 20.5 Å². The average Bonchev–Trinajstić information content (AvgIpc) is 2.68. The van der Waals surface area contributed by atoms with Gasteiger partial charge in [0.2, 0.25) is 5.91 Å². The molecule has 6 nitrogen and oxygen atoms in total. The summed E-state index contributed by atoms with van der Waals surface area (Å²) in [4.78, 5) is 12.9. The Kier molecular flexibility index (Phi) is 5.86. The Hall–Kier alpha value is -2.64. The fraction of sp³-hybridized carbons (Fsp3) is 0.286. The maximum atomic E-state index is 12.9. The molecule has 1 saturated carbocycles. The van der Waals surface area contributed by atoms with Gasteiger partial charge in [0.15, 0.2) is 0 Å². The second-order valence-corrected chi connectivity index (χ2v) is 8.09. The molecule has 0 aliphatic heterocycles. The van der Waals surface area contributed by atoms with E-state index in [0.717, 1.165) is 5.56 Å². The predicted molar refractivity (Wildman–Crippen MR) is 107 cm³/mol. The van der Waals surface area contributed by atoms with Crippen LogP contribution in [0.2, 0.25) is 0 Å². The molecule has 0 radical (unpaired) electrons. The quantitative estimate of drug-likeness (QED) is 0.748. The van der Waals surface area contributed by atoms with E-state index in [4.69, 9.17) is 9.29 Å². The predicted octanol–water partition coefficient (Wildman–Crippen LogP) is 3.51. The summed E-state index contributed by atoms with van der Waals surface area (Å²) in [6, 6.07) is 17.0. The van der Waals surface area contributed by atoms with Crippen LogP contribution in [0.5, 0.6) is 5.75 Å². The van der Waals surface area contributed by atoms with E-state index in [1.807, 2.05) is 30.3 Å². The summed E-state index contributed by atoms with van der Waals surface area (Å²) in [6.45, 7) is 0. The Morgan fingerprint density at radius 2 is 1.79 bits per heavy atom. The number of carbonyl (C=O) groups excluding carboxylic acids is 1. The normalized spacial score (nSPS) is 19.7. The van der Waals surface area contributed by atoms with Gasteiger partial charge in [0.25, 0.3) is 0 Å². The number of amides is 1. The molecule has 1 aliphatic rings. The van der Waals surface area contributed by atoms with Crippen LogP contribution in [0.25, 0.3) is 6.08 Å². The molecule has 0 saturated heterocycles. The van der Waals surface area contributed by atoms with Crippen molar-refractivity contribution in [2.45, 2.75) is 31.1 Å². The number of hydrogen-bond donors (Lipinski definition) is 2. The second-order valence-electron chi connectivity index (χ2n) is 6.93. The summed E-state index contributed by atoms with van der Waals surface area (Å²) in [5.74, 6) is -0.135. The van der Waals surface area contributed by atoms with Crippen LogP contribution in [0.4, 0.5) is 0 Å². The summed E-state index contributed by atoms with van der Waals surface area (Å²) >= 11 is 0. The van der Waals surface area contributed by atoms with Crippen molar-refractivity contribution in [3.05, 3.63) is 71.3 Å². The molecular weight excluding hydrogens is 378 g/mol. The number of methoxy groups -OCH3 is 1. The van der Waals surface area contributed by atoms with Gasteiger partial charge in [-0.2, -0.15) is 8.42 Å². The number of rotatable bonds is 5. The third-order valence-electron chi connectivity index (χ3n) is 5.19. The molecule has 0 aromatic heterocycles. The van der Waals surface area contributed by atoms with E-state index < -0.39 is 21.6 Å². The highest BCUT2D eigenvalue weighted by atomic mass is 32.2.